The molecule has 1 saturated heterocycles. The topological polar surface area (TPSA) is 97.0 Å². The summed E-state index contributed by atoms with van der Waals surface area (Å²) in [5.41, 5.74) is 3.45. The first kappa shape index (κ1) is 25.7. The molecule has 2 aromatic carbocycles. The van der Waals surface area contributed by atoms with Crippen molar-refractivity contribution in [2.45, 2.75) is 39.2 Å². The van der Waals surface area contributed by atoms with Crippen molar-refractivity contribution < 1.29 is 19.5 Å². The first-order valence-corrected chi connectivity index (χ1v) is 13.1. The van der Waals surface area contributed by atoms with E-state index in [1.165, 1.54) is 6.20 Å². The van der Waals surface area contributed by atoms with Crippen LogP contribution in [0.4, 0.5) is 0 Å². The lowest BCUT2D eigenvalue weighted by molar-refractivity contribution is -0.130. The Kier molecular flexibility index (Phi) is 6.84. The summed E-state index contributed by atoms with van der Waals surface area (Å²) < 4.78 is 0. The molecule has 5 rings (SSSR count). The average molecular weight is 515 g/mol. The van der Waals surface area contributed by atoms with Crippen LogP contribution in [0.1, 0.15) is 54.4 Å². The fraction of sp³-hybridized carbons (Fsp3) is 0.367. The predicted molar refractivity (Wildman–Crippen MR) is 147 cm³/mol. The Morgan fingerprint density at radius 1 is 1.00 bits per heavy atom. The van der Waals surface area contributed by atoms with Crippen LogP contribution < -0.4 is 0 Å². The highest BCUT2D eigenvalue weighted by atomic mass is 16.4. The van der Waals surface area contributed by atoms with Crippen molar-refractivity contribution in [1.82, 2.24) is 19.7 Å². The summed E-state index contributed by atoms with van der Waals surface area (Å²) >= 11 is 0. The van der Waals surface area contributed by atoms with E-state index in [9.17, 15) is 19.5 Å². The third kappa shape index (κ3) is 4.96. The minimum Gasteiger partial charge on any atom is -0.478 e. The first-order valence-electron chi connectivity index (χ1n) is 13.1. The maximum Gasteiger partial charge on any atom is 0.339 e. The van der Waals surface area contributed by atoms with E-state index in [0.717, 1.165) is 48.1 Å². The van der Waals surface area contributed by atoms with Crippen LogP contribution in [-0.4, -0.2) is 75.3 Å². The van der Waals surface area contributed by atoms with E-state index in [1.807, 2.05) is 61.2 Å². The molecular formula is C30H34N4O4. The highest BCUT2D eigenvalue weighted by molar-refractivity contribution is 6.17. The molecule has 1 aromatic heterocycles. The third-order valence-corrected chi connectivity index (χ3v) is 7.61. The van der Waals surface area contributed by atoms with Crippen LogP contribution in [-0.2, 0) is 21.5 Å². The molecule has 1 fully saturated rings. The molecule has 0 unspecified atom stereocenters. The fourth-order valence-electron chi connectivity index (χ4n) is 5.78. The van der Waals surface area contributed by atoms with Crippen molar-refractivity contribution in [3.05, 3.63) is 77.1 Å². The van der Waals surface area contributed by atoms with E-state index in [1.54, 1.807) is 17.9 Å². The van der Waals surface area contributed by atoms with Crippen molar-refractivity contribution in [2.75, 3.05) is 32.7 Å². The van der Waals surface area contributed by atoms with Crippen molar-refractivity contribution in [2.24, 2.45) is 0 Å². The number of carbonyl (C=O) groups excluding carboxylic acids is 2. The SMILES string of the molecule is CC(=O)N1CCCN(Cc2cccc(C(=O)N3C=C(C(=O)O)c4[nH]c5ccccc5c4C(C)(C)C3)c2)CC1. The number of aliphatic carboxylic acids is 1. The van der Waals surface area contributed by atoms with E-state index in [4.69, 9.17) is 0 Å². The highest BCUT2D eigenvalue weighted by Crippen LogP contribution is 2.40. The van der Waals surface area contributed by atoms with Gasteiger partial charge in [0, 0.05) is 74.3 Å². The molecule has 2 aliphatic heterocycles. The zero-order valence-electron chi connectivity index (χ0n) is 22.2. The largest absolute Gasteiger partial charge is 0.478 e. The molecular weight excluding hydrogens is 480 g/mol. The zero-order chi connectivity index (χ0) is 27.0. The number of amides is 2. The molecule has 0 radical (unpaired) electrons. The number of carbonyl (C=O) groups is 3. The van der Waals surface area contributed by atoms with Crippen LogP contribution in [0.2, 0.25) is 0 Å². The lowest BCUT2D eigenvalue weighted by Crippen LogP contribution is -2.37. The number of carboxylic acid groups (broad SMARTS) is 1. The number of para-hydroxylation sites is 1. The first-order chi connectivity index (χ1) is 18.1. The van der Waals surface area contributed by atoms with Crippen LogP contribution in [0, 0.1) is 0 Å². The number of aromatic amines is 1. The monoisotopic (exact) mass is 514 g/mol. The van der Waals surface area contributed by atoms with Gasteiger partial charge in [0.05, 0.1) is 11.3 Å². The summed E-state index contributed by atoms with van der Waals surface area (Å²) in [6, 6.07) is 15.4. The van der Waals surface area contributed by atoms with Gasteiger partial charge in [-0.25, -0.2) is 4.79 Å². The lowest BCUT2D eigenvalue weighted by Gasteiger charge is -2.30. The summed E-state index contributed by atoms with van der Waals surface area (Å²) in [7, 11) is 0. The molecule has 38 heavy (non-hydrogen) atoms. The number of hydrogen-bond donors (Lipinski definition) is 2. The van der Waals surface area contributed by atoms with E-state index in [2.05, 4.69) is 9.88 Å². The summed E-state index contributed by atoms with van der Waals surface area (Å²) in [4.78, 5) is 46.9. The molecule has 0 bridgehead atoms. The summed E-state index contributed by atoms with van der Waals surface area (Å²) in [5.74, 6) is -1.21. The Balaban J connectivity index is 1.42. The van der Waals surface area contributed by atoms with E-state index < -0.39 is 11.4 Å². The van der Waals surface area contributed by atoms with Gasteiger partial charge in [0.25, 0.3) is 5.91 Å². The molecule has 8 heteroatoms. The van der Waals surface area contributed by atoms with Crippen LogP contribution in [0.5, 0.6) is 0 Å². The van der Waals surface area contributed by atoms with E-state index in [0.29, 0.717) is 30.9 Å². The molecule has 2 N–H and O–H groups in total. The van der Waals surface area contributed by atoms with Crippen LogP contribution in [0.3, 0.4) is 0 Å². The zero-order valence-corrected chi connectivity index (χ0v) is 22.2. The quantitative estimate of drug-likeness (QED) is 0.547. The van der Waals surface area contributed by atoms with Crippen molar-refractivity contribution in [1.29, 1.82) is 0 Å². The lowest BCUT2D eigenvalue weighted by atomic mass is 9.81. The highest BCUT2D eigenvalue weighted by Gasteiger charge is 2.37. The van der Waals surface area contributed by atoms with Gasteiger partial charge >= 0.3 is 5.97 Å². The Morgan fingerprint density at radius 3 is 2.55 bits per heavy atom. The second-order valence-corrected chi connectivity index (χ2v) is 10.9. The Labute approximate surface area is 222 Å². The second kappa shape index (κ2) is 10.1. The maximum absolute atomic E-state index is 13.8. The molecule has 8 nitrogen and oxygen atoms in total. The predicted octanol–water partition coefficient (Wildman–Crippen LogP) is 4.08. The molecule has 0 aliphatic carbocycles. The van der Waals surface area contributed by atoms with Gasteiger partial charge in [-0.2, -0.15) is 0 Å². The van der Waals surface area contributed by atoms with Crippen LogP contribution >= 0.6 is 0 Å². The third-order valence-electron chi connectivity index (χ3n) is 7.61. The van der Waals surface area contributed by atoms with Gasteiger partial charge in [-0.1, -0.05) is 44.2 Å². The van der Waals surface area contributed by atoms with Gasteiger partial charge in [-0.3, -0.25) is 14.5 Å². The number of hydrogen-bond acceptors (Lipinski definition) is 4. The maximum atomic E-state index is 13.8. The molecule has 198 valence electrons. The van der Waals surface area contributed by atoms with Crippen molar-refractivity contribution >= 4 is 34.3 Å². The minimum atomic E-state index is -1.08. The standard InChI is InChI=1S/C30H34N4O4/c1-20(35)33-13-7-12-32(14-15-33)17-21-8-6-9-22(16-21)28(36)34-18-24(29(37)38)27-26(30(2,3)19-34)23-10-4-5-11-25(23)31-27/h4-6,8-11,16,18,31H,7,12-15,17,19H2,1-3H3,(H,37,38). The molecule has 2 amide bonds. The number of nitrogens with one attached hydrogen (secondary N) is 1. The number of rotatable bonds is 4. The minimum absolute atomic E-state index is 0.0749. The number of fused-ring (bicyclic) bond motifs is 3. The normalized spacial score (nSPS) is 17.9. The Bertz CT molecular complexity index is 1440. The summed E-state index contributed by atoms with van der Waals surface area (Å²) in [5, 5.41) is 11.1. The van der Waals surface area contributed by atoms with E-state index >= 15 is 0 Å². The number of aromatic nitrogens is 1. The summed E-state index contributed by atoms with van der Waals surface area (Å²) in [6.07, 6.45) is 2.39. The summed E-state index contributed by atoms with van der Waals surface area (Å²) in [6.45, 7) is 9.88. The molecule has 2 aliphatic rings. The Hall–Kier alpha value is -3.91. The van der Waals surface area contributed by atoms with Gasteiger partial charge < -0.3 is 19.9 Å². The molecule has 0 saturated carbocycles. The van der Waals surface area contributed by atoms with Crippen LogP contribution in [0.15, 0.2) is 54.7 Å². The average Bonchev–Trinajstić information content (AvgIpc) is 3.04. The van der Waals surface area contributed by atoms with E-state index in [-0.39, 0.29) is 17.4 Å². The van der Waals surface area contributed by atoms with Crippen molar-refractivity contribution in [3.63, 3.8) is 0 Å². The van der Waals surface area contributed by atoms with Gasteiger partial charge in [-0.05, 0) is 35.7 Å². The molecule has 3 aromatic rings. The van der Waals surface area contributed by atoms with Gasteiger partial charge in [0.2, 0.25) is 5.91 Å². The van der Waals surface area contributed by atoms with Gasteiger partial charge in [0.15, 0.2) is 0 Å². The molecule has 0 spiro atoms. The van der Waals surface area contributed by atoms with Gasteiger partial charge in [0.1, 0.15) is 0 Å². The molecule has 3 heterocycles. The Morgan fingerprint density at radius 2 is 1.79 bits per heavy atom. The smallest absolute Gasteiger partial charge is 0.339 e. The number of H-pyrrole nitrogens is 1. The number of nitrogens with zero attached hydrogens (tertiary/aromatic N) is 3. The van der Waals surface area contributed by atoms with Crippen LogP contribution in [0.25, 0.3) is 16.5 Å². The second-order valence-electron chi connectivity index (χ2n) is 10.9. The molecule has 0 atom stereocenters. The van der Waals surface area contributed by atoms with Crippen molar-refractivity contribution in [3.8, 4) is 0 Å². The number of carboxylic acids is 1. The number of benzene rings is 2. The fourth-order valence-corrected chi connectivity index (χ4v) is 5.78. The van der Waals surface area contributed by atoms with Gasteiger partial charge in [-0.15, -0.1) is 0 Å².